The minimum Gasteiger partial charge on any atom is -0.465 e. The maximum Gasteiger partial charge on any atom is 0.354 e. The van der Waals surface area contributed by atoms with Crippen molar-refractivity contribution in [3.63, 3.8) is 0 Å². The SMILES string of the molecule is COC(=O)c1c2c(C(=O)OC)n(C)c1CCc1cccc(c1)CC2. The number of methoxy groups -OCH3 is 2. The van der Waals surface area contributed by atoms with Crippen LogP contribution in [0.25, 0.3) is 0 Å². The molecule has 0 fully saturated rings. The molecular formula is C19H21NO4. The number of esters is 2. The summed E-state index contributed by atoms with van der Waals surface area (Å²) in [6, 6.07) is 8.42. The number of ether oxygens (including phenoxy) is 2. The van der Waals surface area contributed by atoms with Crippen molar-refractivity contribution in [3.8, 4) is 0 Å². The Morgan fingerprint density at radius 3 is 2.21 bits per heavy atom. The Kier molecular flexibility index (Phi) is 4.42. The molecule has 4 bridgehead atoms. The van der Waals surface area contributed by atoms with Crippen LogP contribution in [-0.2, 0) is 42.2 Å². The average Bonchev–Trinajstić information content (AvgIpc) is 2.88. The summed E-state index contributed by atoms with van der Waals surface area (Å²) >= 11 is 0. The molecule has 0 saturated carbocycles. The molecule has 1 aliphatic carbocycles. The van der Waals surface area contributed by atoms with Crippen LogP contribution < -0.4 is 0 Å². The smallest absolute Gasteiger partial charge is 0.354 e. The number of hydrogen-bond donors (Lipinski definition) is 0. The van der Waals surface area contributed by atoms with E-state index in [1.54, 1.807) is 4.57 Å². The van der Waals surface area contributed by atoms with E-state index in [4.69, 9.17) is 9.47 Å². The topological polar surface area (TPSA) is 57.5 Å². The number of fused-ring (bicyclic) bond motifs is 4. The molecule has 24 heavy (non-hydrogen) atoms. The van der Waals surface area contributed by atoms with Gasteiger partial charge in [-0.25, -0.2) is 9.59 Å². The Hall–Kier alpha value is -2.56. The highest BCUT2D eigenvalue weighted by atomic mass is 16.5. The van der Waals surface area contributed by atoms with Crippen LogP contribution in [0, 0.1) is 0 Å². The third-order valence-electron chi connectivity index (χ3n) is 4.69. The lowest BCUT2D eigenvalue weighted by Crippen LogP contribution is -2.12. The first kappa shape index (κ1) is 16.3. The highest BCUT2D eigenvalue weighted by Gasteiger charge is 2.30. The van der Waals surface area contributed by atoms with Crippen molar-refractivity contribution in [3.05, 3.63) is 57.9 Å². The molecule has 0 aliphatic heterocycles. The van der Waals surface area contributed by atoms with Crippen LogP contribution in [0.4, 0.5) is 0 Å². The van der Waals surface area contributed by atoms with Crippen LogP contribution in [0.15, 0.2) is 24.3 Å². The molecule has 0 saturated heterocycles. The van der Waals surface area contributed by atoms with Crippen LogP contribution in [0.1, 0.15) is 43.2 Å². The third-order valence-corrected chi connectivity index (χ3v) is 4.69. The predicted octanol–water partition coefficient (Wildman–Crippen LogP) is 2.48. The minimum atomic E-state index is -0.421. The molecule has 0 amide bonds. The first-order chi connectivity index (χ1) is 11.6. The zero-order chi connectivity index (χ0) is 17.3. The largest absolute Gasteiger partial charge is 0.465 e. The second-order valence-electron chi connectivity index (χ2n) is 6.01. The first-order valence-electron chi connectivity index (χ1n) is 8.01. The van der Waals surface area contributed by atoms with E-state index >= 15 is 0 Å². The molecule has 0 atom stereocenters. The van der Waals surface area contributed by atoms with Gasteiger partial charge >= 0.3 is 11.9 Å². The lowest BCUT2D eigenvalue weighted by atomic mass is 9.94. The van der Waals surface area contributed by atoms with Crippen LogP contribution in [0.2, 0.25) is 0 Å². The summed E-state index contributed by atoms with van der Waals surface area (Å²) in [6.45, 7) is 0. The van der Waals surface area contributed by atoms with Gasteiger partial charge in [-0.1, -0.05) is 24.3 Å². The molecule has 1 aliphatic rings. The number of hydrogen-bond acceptors (Lipinski definition) is 4. The van der Waals surface area contributed by atoms with Gasteiger partial charge in [-0.2, -0.15) is 0 Å². The fourth-order valence-corrected chi connectivity index (χ4v) is 3.51. The quantitative estimate of drug-likeness (QED) is 0.795. The van der Waals surface area contributed by atoms with Crippen molar-refractivity contribution < 1.29 is 19.1 Å². The number of rotatable bonds is 2. The molecular weight excluding hydrogens is 306 g/mol. The van der Waals surface area contributed by atoms with E-state index in [0.717, 1.165) is 24.1 Å². The molecule has 1 heterocycles. The second kappa shape index (κ2) is 6.51. The first-order valence-corrected chi connectivity index (χ1v) is 8.01. The predicted molar refractivity (Wildman–Crippen MR) is 89.4 cm³/mol. The van der Waals surface area contributed by atoms with Crippen LogP contribution in [0.3, 0.4) is 0 Å². The van der Waals surface area contributed by atoms with E-state index in [9.17, 15) is 9.59 Å². The number of aryl methyl sites for hydroxylation is 2. The fourth-order valence-electron chi connectivity index (χ4n) is 3.51. The lowest BCUT2D eigenvalue weighted by Gasteiger charge is -2.11. The monoisotopic (exact) mass is 327 g/mol. The van der Waals surface area contributed by atoms with Crippen LogP contribution in [-0.4, -0.2) is 30.7 Å². The Bertz CT molecular complexity index is 804. The van der Waals surface area contributed by atoms with Gasteiger partial charge in [-0.05, 0) is 42.4 Å². The summed E-state index contributed by atoms with van der Waals surface area (Å²) < 4.78 is 11.7. The van der Waals surface area contributed by atoms with E-state index < -0.39 is 11.9 Å². The summed E-state index contributed by atoms with van der Waals surface area (Å²) in [6.07, 6.45) is 2.81. The summed E-state index contributed by atoms with van der Waals surface area (Å²) in [4.78, 5) is 24.7. The molecule has 1 aromatic carbocycles. The van der Waals surface area contributed by atoms with Crippen molar-refractivity contribution in [2.75, 3.05) is 14.2 Å². The number of carbonyl (C=O) groups is 2. The van der Waals surface area contributed by atoms with E-state index in [0.29, 0.717) is 24.1 Å². The van der Waals surface area contributed by atoms with Crippen molar-refractivity contribution in [2.24, 2.45) is 7.05 Å². The van der Waals surface area contributed by atoms with Gasteiger partial charge in [0.25, 0.3) is 0 Å². The summed E-state index contributed by atoms with van der Waals surface area (Å²) in [7, 11) is 4.54. The Balaban J connectivity index is 2.20. The number of aromatic nitrogens is 1. The Morgan fingerprint density at radius 1 is 0.958 bits per heavy atom. The molecule has 126 valence electrons. The highest BCUT2D eigenvalue weighted by molar-refractivity contribution is 5.99. The minimum absolute atomic E-state index is 0.394. The third kappa shape index (κ3) is 2.70. The molecule has 0 radical (unpaired) electrons. The number of carbonyl (C=O) groups excluding carboxylic acids is 2. The maximum absolute atomic E-state index is 12.4. The van der Waals surface area contributed by atoms with Gasteiger partial charge in [0.2, 0.25) is 0 Å². The lowest BCUT2D eigenvalue weighted by molar-refractivity contribution is 0.0587. The molecule has 0 spiro atoms. The van der Waals surface area contributed by atoms with Crippen LogP contribution in [0.5, 0.6) is 0 Å². The zero-order valence-corrected chi connectivity index (χ0v) is 14.2. The molecule has 3 rings (SSSR count). The van der Waals surface area contributed by atoms with E-state index in [-0.39, 0.29) is 0 Å². The van der Waals surface area contributed by atoms with Gasteiger partial charge < -0.3 is 14.0 Å². The van der Waals surface area contributed by atoms with Crippen molar-refractivity contribution >= 4 is 11.9 Å². The maximum atomic E-state index is 12.4. The van der Waals surface area contributed by atoms with Crippen molar-refractivity contribution in [1.82, 2.24) is 4.57 Å². The summed E-state index contributed by atoms with van der Waals surface area (Å²) in [5, 5.41) is 0. The molecule has 1 aromatic heterocycles. The molecule has 2 aromatic rings. The van der Waals surface area contributed by atoms with Gasteiger partial charge in [0, 0.05) is 12.7 Å². The van der Waals surface area contributed by atoms with E-state index in [1.807, 2.05) is 7.05 Å². The fraction of sp³-hybridized carbons (Fsp3) is 0.368. The van der Waals surface area contributed by atoms with Crippen molar-refractivity contribution in [1.29, 1.82) is 0 Å². The normalized spacial score (nSPS) is 13.3. The molecule has 0 N–H and O–H groups in total. The van der Waals surface area contributed by atoms with Gasteiger partial charge in [-0.15, -0.1) is 0 Å². The Labute approximate surface area is 141 Å². The van der Waals surface area contributed by atoms with Gasteiger partial charge in [0.05, 0.1) is 19.8 Å². The standard InChI is InChI=1S/C19H21NO4/c1-20-15-10-8-13-6-4-5-12(11-13)7-9-14(16(15)18(21)23-2)17(20)19(22)24-3/h4-6,11H,7-10H2,1-3H3. The second-order valence-corrected chi connectivity index (χ2v) is 6.01. The van der Waals surface area contributed by atoms with Gasteiger partial charge in [0.1, 0.15) is 5.69 Å². The molecule has 5 nitrogen and oxygen atoms in total. The van der Waals surface area contributed by atoms with Crippen LogP contribution >= 0.6 is 0 Å². The highest BCUT2D eigenvalue weighted by Crippen LogP contribution is 2.28. The van der Waals surface area contributed by atoms with Gasteiger partial charge in [-0.3, -0.25) is 0 Å². The van der Waals surface area contributed by atoms with E-state index in [1.165, 1.54) is 25.3 Å². The average molecular weight is 327 g/mol. The summed E-state index contributed by atoms with van der Waals surface area (Å²) in [5.41, 5.74) is 4.94. The molecule has 0 unspecified atom stereocenters. The van der Waals surface area contributed by atoms with Crippen molar-refractivity contribution in [2.45, 2.75) is 25.7 Å². The van der Waals surface area contributed by atoms with Gasteiger partial charge in [0.15, 0.2) is 0 Å². The Morgan fingerprint density at radius 2 is 1.58 bits per heavy atom. The summed E-state index contributed by atoms with van der Waals surface area (Å²) in [5.74, 6) is -0.815. The number of nitrogens with zero attached hydrogens (tertiary/aromatic N) is 1. The molecule has 5 heteroatoms. The zero-order valence-electron chi connectivity index (χ0n) is 14.2. The number of benzene rings is 1. The van der Waals surface area contributed by atoms with E-state index in [2.05, 4.69) is 24.3 Å².